The number of hydrogen-bond acceptors (Lipinski definition) is 4. The van der Waals surface area contributed by atoms with E-state index in [0.29, 0.717) is 24.2 Å². The lowest BCUT2D eigenvalue weighted by molar-refractivity contribution is -0.118. The molecule has 0 bridgehead atoms. The number of carbonyl (C=O) groups excluding carboxylic acids is 1. The van der Waals surface area contributed by atoms with Crippen molar-refractivity contribution in [3.05, 3.63) is 53.2 Å². The first kappa shape index (κ1) is 18.6. The Hall–Kier alpha value is -2.21. The molecule has 0 saturated heterocycles. The van der Waals surface area contributed by atoms with Crippen LogP contribution in [0.3, 0.4) is 0 Å². The smallest absolute Gasteiger partial charge is 0.247 e. The van der Waals surface area contributed by atoms with Crippen molar-refractivity contribution < 1.29 is 13.2 Å². The summed E-state index contributed by atoms with van der Waals surface area (Å²) in [6.07, 6.45) is 2.11. The van der Waals surface area contributed by atoms with Crippen molar-refractivity contribution in [1.29, 1.82) is 0 Å². The standard InChI is InChI=1S/C20H24N2O3S/c1-14-9-10-15(2)17(13-14)26(24,25)20(11-4-5-12-20)19(23)22-18-8-6-7-16(3)21-18/h6-10,13H,4-5,11-12H2,1-3H3,(H,21,22,23). The molecule has 0 radical (unpaired) electrons. The first-order valence-electron chi connectivity index (χ1n) is 8.83. The first-order chi connectivity index (χ1) is 12.3. The van der Waals surface area contributed by atoms with Crippen LogP contribution >= 0.6 is 0 Å². The maximum Gasteiger partial charge on any atom is 0.247 e. The quantitative estimate of drug-likeness (QED) is 0.887. The van der Waals surface area contributed by atoms with Gasteiger partial charge in [-0.25, -0.2) is 13.4 Å². The molecule has 1 aliphatic carbocycles. The van der Waals surface area contributed by atoms with Crippen molar-refractivity contribution in [1.82, 2.24) is 4.98 Å². The van der Waals surface area contributed by atoms with E-state index < -0.39 is 20.5 Å². The highest BCUT2D eigenvalue weighted by molar-refractivity contribution is 7.93. The maximum atomic E-state index is 13.5. The monoisotopic (exact) mass is 372 g/mol. The van der Waals surface area contributed by atoms with Crippen molar-refractivity contribution >= 4 is 21.6 Å². The molecule has 1 N–H and O–H groups in total. The van der Waals surface area contributed by atoms with Crippen molar-refractivity contribution in [2.24, 2.45) is 0 Å². The normalized spacial score (nSPS) is 16.4. The summed E-state index contributed by atoms with van der Waals surface area (Å²) in [4.78, 5) is 17.7. The number of nitrogens with zero attached hydrogens (tertiary/aromatic N) is 1. The molecule has 3 rings (SSSR count). The van der Waals surface area contributed by atoms with Gasteiger partial charge in [-0.05, 0) is 62.9 Å². The van der Waals surface area contributed by atoms with Gasteiger partial charge in [0.15, 0.2) is 14.6 Å². The molecule has 0 unspecified atom stereocenters. The average molecular weight is 372 g/mol. The number of aryl methyl sites for hydroxylation is 3. The van der Waals surface area contributed by atoms with Crippen molar-refractivity contribution in [3.8, 4) is 0 Å². The van der Waals surface area contributed by atoms with Crippen molar-refractivity contribution in [2.75, 3.05) is 5.32 Å². The summed E-state index contributed by atoms with van der Waals surface area (Å²) in [5.41, 5.74) is 2.30. The van der Waals surface area contributed by atoms with Crippen LogP contribution in [0.2, 0.25) is 0 Å². The molecule has 26 heavy (non-hydrogen) atoms. The second-order valence-corrected chi connectivity index (χ2v) is 9.32. The number of hydrogen-bond donors (Lipinski definition) is 1. The minimum absolute atomic E-state index is 0.256. The zero-order valence-corrected chi connectivity index (χ0v) is 16.2. The Bertz CT molecular complexity index is 945. The van der Waals surface area contributed by atoms with Crippen LogP contribution in [0, 0.1) is 20.8 Å². The number of sulfone groups is 1. The van der Waals surface area contributed by atoms with Crippen LogP contribution < -0.4 is 5.32 Å². The molecule has 1 aromatic heterocycles. The summed E-state index contributed by atoms with van der Waals surface area (Å²) < 4.78 is 25.7. The lowest BCUT2D eigenvalue weighted by Crippen LogP contribution is -2.47. The molecular weight excluding hydrogens is 348 g/mol. The van der Waals surface area contributed by atoms with Gasteiger partial charge in [-0.15, -0.1) is 0 Å². The van der Waals surface area contributed by atoms with Gasteiger partial charge in [0.2, 0.25) is 5.91 Å². The number of aromatic nitrogens is 1. The van der Waals surface area contributed by atoms with E-state index in [1.165, 1.54) is 0 Å². The maximum absolute atomic E-state index is 13.5. The van der Waals surface area contributed by atoms with Gasteiger partial charge in [0.05, 0.1) is 4.90 Å². The van der Waals surface area contributed by atoms with E-state index in [2.05, 4.69) is 10.3 Å². The lowest BCUT2D eigenvalue weighted by Gasteiger charge is -2.28. The first-order valence-corrected chi connectivity index (χ1v) is 10.3. The molecule has 138 valence electrons. The van der Waals surface area contributed by atoms with E-state index in [0.717, 1.165) is 24.1 Å². The molecule has 6 heteroatoms. The molecule has 1 fully saturated rings. The number of pyridine rings is 1. The van der Waals surface area contributed by atoms with Gasteiger partial charge >= 0.3 is 0 Å². The third kappa shape index (κ3) is 3.14. The third-order valence-electron chi connectivity index (χ3n) is 5.10. The lowest BCUT2D eigenvalue weighted by atomic mass is 10.1. The zero-order valence-electron chi connectivity index (χ0n) is 15.4. The van der Waals surface area contributed by atoms with E-state index >= 15 is 0 Å². The second-order valence-electron chi connectivity index (χ2n) is 7.09. The van der Waals surface area contributed by atoms with Crippen LogP contribution in [0.25, 0.3) is 0 Å². The van der Waals surface area contributed by atoms with Crippen molar-refractivity contribution in [2.45, 2.75) is 56.1 Å². The Morgan fingerprint density at radius 1 is 1.08 bits per heavy atom. The molecule has 1 saturated carbocycles. The molecule has 1 aromatic carbocycles. The third-order valence-corrected chi connectivity index (χ3v) is 7.74. The fourth-order valence-corrected chi connectivity index (χ4v) is 5.99. The van der Waals surface area contributed by atoms with Crippen LogP contribution in [-0.4, -0.2) is 24.1 Å². The molecule has 1 aliphatic rings. The predicted octanol–water partition coefficient (Wildman–Crippen LogP) is 3.73. The molecular formula is C20H24N2O3S. The number of anilines is 1. The average Bonchev–Trinajstić information content (AvgIpc) is 3.08. The molecule has 0 atom stereocenters. The SMILES string of the molecule is Cc1ccc(C)c(S(=O)(=O)C2(C(=O)Nc3cccc(C)n3)CCCC2)c1. The van der Waals surface area contributed by atoms with Crippen LogP contribution in [0.15, 0.2) is 41.3 Å². The zero-order chi connectivity index (χ0) is 18.9. The van der Waals surface area contributed by atoms with Gasteiger partial charge in [-0.1, -0.05) is 31.0 Å². The van der Waals surface area contributed by atoms with Gasteiger partial charge in [-0.3, -0.25) is 4.79 Å². The number of carbonyl (C=O) groups is 1. The van der Waals surface area contributed by atoms with Gasteiger partial charge in [-0.2, -0.15) is 0 Å². The van der Waals surface area contributed by atoms with Crippen LogP contribution in [0.5, 0.6) is 0 Å². The van der Waals surface area contributed by atoms with Gasteiger partial charge in [0.25, 0.3) is 0 Å². The highest BCUT2D eigenvalue weighted by Gasteiger charge is 2.53. The van der Waals surface area contributed by atoms with Crippen LogP contribution in [-0.2, 0) is 14.6 Å². The molecule has 0 aliphatic heterocycles. The van der Waals surface area contributed by atoms with Crippen LogP contribution in [0.1, 0.15) is 42.5 Å². The fourth-order valence-electron chi connectivity index (χ4n) is 3.61. The Labute approximate surface area is 154 Å². The second kappa shape index (κ2) is 6.83. The summed E-state index contributed by atoms with van der Waals surface area (Å²) in [5.74, 6) is -0.0913. The molecule has 1 heterocycles. The molecule has 5 nitrogen and oxygen atoms in total. The van der Waals surface area contributed by atoms with Gasteiger partial charge in [0.1, 0.15) is 5.82 Å². The predicted molar refractivity (Wildman–Crippen MR) is 102 cm³/mol. The van der Waals surface area contributed by atoms with E-state index in [9.17, 15) is 13.2 Å². The van der Waals surface area contributed by atoms with E-state index in [-0.39, 0.29) is 4.90 Å². The molecule has 2 aromatic rings. The Balaban J connectivity index is 2.04. The van der Waals surface area contributed by atoms with Gasteiger partial charge in [0, 0.05) is 5.69 Å². The van der Waals surface area contributed by atoms with E-state index in [4.69, 9.17) is 0 Å². The van der Waals surface area contributed by atoms with E-state index in [1.807, 2.05) is 26.0 Å². The number of rotatable bonds is 4. The Morgan fingerprint density at radius 3 is 2.42 bits per heavy atom. The summed E-state index contributed by atoms with van der Waals surface area (Å²) in [5, 5.41) is 2.75. The summed E-state index contributed by atoms with van der Waals surface area (Å²) >= 11 is 0. The largest absolute Gasteiger partial charge is 0.309 e. The highest BCUT2D eigenvalue weighted by Crippen LogP contribution is 2.42. The Kier molecular flexibility index (Phi) is 4.88. The summed E-state index contributed by atoms with van der Waals surface area (Å²) in [6.45, 7) is 5.46. The number of benzene rings is 1. The number of nitrogens with one attached hydrogen (secondary N) is 1. The molecule has 1 amide bonds. The number of amides is 1. The minimum atomic E-state index is -3.82. The highest BCUT2D eigenvalue weighted by atomic mass is 32.2. The minimum Gasteiger partial charge on any atom is -0.309 e. The van der Waals surface area contributed by atoms with E-state index in [1.54, 1.807) is 31.2 Å². The molecule has 0 spiro atoms. The summed E-state index contributed by atoms with van der Waals surface area (Å²) in [7, 11) is -3.82. The van der Waals surface area contributed by atoms with Gasteiger partial charge < -0.3 is 5.32 Å². The summed E-state index contributed by atoms with van der Waals surface area (Å²) in [6, 6.07) is 10.6. The topological polar surface area (TPSA) is 76.1 Å². The van der Waals surface area contributed by atoms with Crippen molar-refractivity contribution in [3.63, 3.8) is 0 Å². The fraction of sp³-hybridized carbons (Fsp3) is 0.400. The van der Waals surface area contributed by atoms with Crippen LogP contribution in [0.4, 0.5) is 5.82 Å². The Morgan fingerprint density at radius 2 is 1.77 bits per heavy atom.